The fourth-order valence-electron chi connectivity index (χ4n) is 1.59. The van der Waals surface area contributed by atoms with Crippen LogP contribution >= 0.6 is 0 Å². The third-order valence-electron chi connectivity index (χ3n) is 2.15. The average Bonchev–Trinajstić information content (AvgIpc) is 2.15. The summed E-state index contributed by atoms with van der Waals surface area (Å²) < 4.78 is 28.3. The molecule has 0 aliphatic carbocycles. The molecule has 86 valence electrons. The summed E-state index contributed by atoms with van der Waals surface area (Å²) in [4.78, 5) is 0. The molecule has 1 aliphatic heterocycles. The molecule has 0 spiro atoms. The molecule has 4 N–H and O–H groups in total. The number of nitrogens with two attached hydrogens (primary N) is 1. The molecule has 0 fully saturated rings. The van der Waals surface area contributed by atoms with Crippen molar-refractivity contribution in [2.24, 2.45) is 10.1 Å². The van der Waals surface area contributed by atoms with Crippen molar-refractivity contribution >= 4 is 27.4 Å². The van der Waals surface area contributed by atoms with Gasteiger partial charge in [-0.3, -0.25) is 4.72 Å². The molecule has 1 aromatic carbocycles. The van der Waals surface area contributed by atoms with Crippen LogP contribution in [0, 0.1) is 0 Å². The van der Waals surface area contributed by atoms with E-state index in [1.54, 1.807) is 12.1 Å². The number of amidine groups is 1. The van der Waals surface area contributed by atoms with Gasteiger partial charge in [0.15, 0.2) is 0 Å². The first-order valence-corrected chi connectivity index (χ1v) is 6.23. The van der Waals surface area contributed by atoms with Crippen molar-refractivity contribution in [1.29, 1.82) is 0 Å². The summed E-state index contributed by atoms with van der Waals surface area (Å²) in [6.07, 6.45) is 0. The maximum absolute atomic E-state index is 11.3. The lowest BCUT2D eigenvalue weighted by Crippen LogP contribution is -2.27. The predicted octanol–water partition coefficient (Wildman–Crippen LogP) is 0.494. The van der Waals surface area contributed by atoms with Gasteiger partial charge >= 0.3 is 10.2 Å². The predicted molar refractivity (Wildman–Crippen MR) is 63.9 cm³/mol. The zero-order chi connectivity index (χ0) is 11.8. The Balaban J connectivity index is 2.60. The second-order valence-corrected chi connectivity index (χ2v) is 4.65. The fourth-order valence-corrected chi connectivity index (χ4v) is 2.43. The van der Waals surface area contributed by atoms with Crippen molar-refractivity contribution in [3.05, 3.63) is 23.8 Å². The molecule has 0 saturated carbocycles. The highest BCUT2D eigenvalue weighted by atomic mass is 32.2. The molecule has 0 amide bonds. The summed E-state index contributed by atoms with van der Waals surface area (Å²) in [6, 6.07) is 5.22. The molecule has 7 heteroatoms. The van der Waals surface area contributed by atoms with Crippen molar-refractivity contribution in [2.75, 3.05) is 16.6 Å². The third-order valence-corrected chi connectivity index (χ3v) is 3.06. The summed E-state index contributed by atoms with van der Waals surface area (Å²) in [6.45, 7) is 2.66. The van der Waals surface area contributed by atoms with E-state index in [4.69, 9.17) is 5.73 Å². The number of anilines is 2. The van der Waals surface area contributed by atoms with Crippen LogP contribution in [0.3, 0.4) is 0 Å². The Labute approximate surface area is 93.8 Å². The van der Waals surface area contributed by atoms with Crippen LogP contribution in [0.15, 0.2) is 22.6 Å². The Morgan fingerprint density at radius 1 is 1.50 bits per heavy atom. The van der Waals surface area contributed by atoms with Gasteiger partial charge in [0.2, 0.25) is 0 Å². The summed E-state index contributed by atoms with van der Waals surface area (Å²) in [5.74, 6) is 0.00491. The molecule has 2 rings (SSSR count). The van der Waals surface area contributed by atoms with Crippen molar-refractivity contribution in [1.82, 2.24) is 0 Å². The van der Waals surface area contributed by atoms with Gasteiger partial charge in [-0.2, -0.15) is 8.42 Å². The Bertz CT molecular complexity index is 551. The number of fused-ring (bicyclic) bond motifs is 1. The van der Waals surface area contributed by atoms with Gasteiger partial charge in [0.1, 0.15) is 5.84 Å². The van der Waals surface area contributed by atoms with Crippen LogP contribution in [0.2, 0.25) is 0 Å². The molecule has 0 aromatic heterocycles. The van der Waals surface area contributed by atoms with E-state index in [1.165, 1.54) is 0 Å². The maximum Gasteiger partial charge on any atom is 0.344 e. The lowest BCUT2D eigenvalue weighted by molar-refractivity contribution is 0.602. The molecule has 0 atom stereocenters. The number of rotatable bonds is 2. The minimum absolute atomic E-state index is 0.00491. The van der Waals surface area contributed by atoms with E-state index < -0.39 is 10.2 Å². The average molecular weight is 240 g/mol. The molecule has 1 heterocycles. The molecule has 16 heavy (non-hydrogen) atoms. The van der Waals surface area contributed by atoms with Crippen molar-refractivity contribution in [2.45, 2.75) is 6.92 Å². The number of nitrogens with one attached hydrogen (secondary N) is 2. The molecule has 6 nitrogen and oxygen atoms in total. The largest absolute Gasteiger partial charge is 0.385 e. The van der Waals surface area contributed by atoms with Gasteiger partial charge < -0.3 is 11.1 Å². The van der Waals surface area contributed by atoms with Crippen LogP contribution < -0.4 is 15.8 Å². The molecule has 1 aliphatic rings. The Kier molecular flexibility index (Phi) is 2.47. The van der Waals surface area contributed by atoms with E-state index in [2.05, 4.69) is 14.4 Å². The second-order valence-electron chi connectivity index (χ2n) is 3.31. The van der Waals surface area contributed by atoms with Crippen LogP contribution in [-0.4, -0.2) is 20.8 Å². The van der Waals surface area contributed by atoms with E-state index in [0.29, 0.717) is 11.3 Å². The van der Waals surface area contributed by atoms with Crippen molar-refractivity contribution in [3.63, 3.8) is 0 Å². The zero-order valence-electron chi connectivity index (χ0n) is 8.69. The molecule has 0 radical (unpaired) electrons. The first-order valence-electron chi connectivity index (χ1n) is 4.79. The summed E-state index contributed by atoms with van der Waals surface area (Å²) in [7, 11) is -3.69. The van der Waals surface area contributed by atoms with E-state index in [0.717, 1.165) is 12.2 Å². The molecular formula is C9H12N4O2S. The van der Waals surface area contributed by atoms with Crippen LogP contribution in [0.4, 0.5) is 11.4 Å². The van der Waals surface area contributed by atoms with Crippen LogP contribution in [0.25, 0.3) is 0 Å². The molecular weight excluding hydrogens is 228 g/mol. The highest BCUT2D eigenvalue weighted by Gasteiger charge is 2.22. The van der Waals surface area contributed by atoms with Gasteiger partial charge in [-0.05, 0) is 19.1 Å². The molecule has 0 bridgehead atoms. The first-order chi connectivity index (χ1) is 7.53. The minimum Gasteiger partial charge on any atom is -0.385 e. The van der Waals surface area contributed by atoms with Gasteiger partial charge in [0.25, 0.3) is 0 Å². The number of benzene rings is 1. The summed E-state index contributed by atoms with van der Waals surface area (Å²) >= 11 is 0. The molecule has 0 saturated heterocycles. The van der Waals surface area contributed by atoms with E-state index in [-0.39, 0.29) is 5.84 Å². The quantitative estimate of drug-likeness (QED) is 0.701. The van der Waals surface area contributed by atoms with E-state index in [9.17, 15) is 8.42 Å². The third kappa shape index (κ3) is 1.81. The van der Waals surface area contributed by atoms with Crippen LogP contribution in [0.1, 0.15) is 12.5 Å². The highest BCUT2D eigenvalue weighted by Crippen LogP contribution is 2.28. The fraction of sp³-hybridized carbons (Fsp3) is 0.222. The molecule has 0 unspecified atom stereocenters. The van der Waals surface area contributed by atoms with Gasteiger partial charge in [-0.1, -0.05) is 6.07 Å². The van der Waals surface area contributed by atoms with Gasteiger partial charge in [-0.15, -0.1) is 4.40 Å². The van der Waals surface area contributed by atoms with Crippen molar-refractivity contribution < 1.29 is 8.42 Å². The van der Waals surface area contributed by atoms with Gasteiger partial charge in [-0.25, -0.2) is 0 Å². The number of hydrogen-bond acceptors (Lipinski definition) is 4. The summed E-state index contributed by atoms with van der Waals surface area (Å²) in [5.41, 5.74) is 7.46. The van der Waals surface area contributed by atoms with E-state index >= 15 is 0 Å². The smallest absolute Gasteiger partial charge is 0.344 e. The van der Waals surface area contributed by atoms with Crippen LogP contribution in [-0.2, 0) is 10.2 Å². The number of hydrogen-bond donors (Lipinski definition) is 3. The topological polar surface area (TPSA) is 96.6 Å². The van der Waals surface area contributed by atoms with Crippen LogP contribution in [0.5, 0.6) is 0 Å². The summed E-state index contributed by atoms with van der Waals surface area (Å²) in [5, 5.41) is 3.10. The van der Waals surface area contributed by atoms with Gasteiger partial charge in [0.05, 0.1) is 11.3 Å². The lowest BCUT2D eigenvalue weighted by Gasteiger charge is -2.19. The highest BCUT2D eigenvalue weighted by molar-refractivity contribution is 7.91. The second kappa shape index (κ2) is 3.67. The van der Waals surface area contributed by atoms with Gasteiger partial charge in [0, 0.05) is 12.2 Å². The lowest BCUT2D eigenvalue weighted by atomic mass is 10.1. The minimum atomic E-state index is -3.69. The zero-order valence-corrected chi connectivity index (χ0v) is 9.50. The van der Waals surface area contributed by atoms with Crippen molar-refractivity contribution in [3.8, 4) is 0 Å². The van der Waals surface area contributed by atoms with E-state index in [1.807, 2.05) is 13.0 Å². The normalized spacial score (nSPS) is 16.9. The monoisotopic (exact) mass is 240 g/mol. The number of nitrogens with zero attached hydrogens (tertiary/aromatic N) is 1. The Hall–Kier alpha value is -1.76. The first kappa shape index (κ1) is 10.7. The standard InChI is InChI=1S/C9H12N4O2S/c1-2-11-6-4-3-5-7-8(6)9(10)13-16(14,15)12-7/h3-5,11-12H,2H2,1H3,(H2,10,13). The molecule has 1 aromatic rings. The Morgan fingerprint density at radius 3 is 2.94 bits per heavy atom. The Morgan fingerprint density at radius 2 is 2.25 bits per heavy atom. The maximum atomic E-state index is 11.3. The SMILES string of the molecule is CCNc1cccc2c1C(N)=NS(=O)(=O)N2.